The number of para-hydroxylation sites is 1. The molecule has 0 aliphatic heterocycles. The van der Waals surface area contributed by atoms with Crippen LogP contribution in [0.4, 0.5) is 0 Å². The molecule has 0 unspecified atom stereocenters. The first-order chi connectivity index (χ1) is 14.6. The molecule has 0 fully saturated rings. The number of ketones is 1. The Labute approximate surface area is 172 Å². The van der Waals surface area contributed by atoms with Gasteiger partial charge in [0, 0.05) is 16.5 Å². The van der Waals surface area contributed by atoms with Crippen LogP contribution in [0.15, 0.2) is 88.8 Å². The van der Waals surface area contributed by atoms with Crippen molar-refractivity contribution >= 4 is 16.7 Å². The summed E-state index contributed by atoms with van der Waals surface area (Å²) in [5, 5.41) is 13.3. The summed E-state index contributed by atoms with van der Waals surface area (Å²) in [6, 6.07) is 23.8. The van der Waals surface area contributed by atoms with Crippen molar-refractivity contribution in [1.29, 1.82) is 0 Å². The molecule has 6 heteroatoms. The van der Waals surface area contributed by atoms with Crippen molar-refractivity contribution in [2.45, 2.75) is 13.5 Å². The molecular formula is C24H19N3O3. The van der Waals surface area contributed by atoms with Gasteiger partial charge in [-0.15, -0.1) is 0 Å². The lowest BCUT2D eigenvalue weighted by atomic mass is 10.1. The average Bonchev–Trinajstić information content (AvgIpc) is 2.89. The Morgan fingerprint density at radius 1 is 1.00 bits per heavy atom. The van der Waals surface area contributed by atoms with Gasteiger partial charge < -0.3 is 5.21 Å². The Balaban J connectivity index is 2.00. The average molecular weight is 397 g/mol. The van der Waals surface area contributed by atoms with Gasteiger partial charge in [-0.1, -0.05) is 77.4 Å². The molecule has 1 aromatic heterocycles. The molecule has 0 saturated heterocycles. The number of hydrogen-bond acceptors (Lipinski definition) is 5. The fraction of sp³-hybridized carbons (Fsp3) is 0.0833. The van der Waals surface area contributed by atoms with Gasteiger partial charge >= 0.3 is 0 Å². The number of carbonyl (C=O) groups is 1. The number of rotatable bonds is 4. The SMILES string of the molecule is Cc1cccc(C(=O)Cn2c(=O)/c(=N\O)nc(-c3ccccc3)c3ccccc32)c1. The van der Waals surface area contributed by atoms with Crippen LogP contribution in [0.1, 0.15) is 15.9 Å². The van der Waals surface area contributed by atoms with Crippen LogP contribution in [0, 0.1) is 6.92 Å². The molecule has 0 aliphatic rings. The predicted octanol–water partition coefficient (Wildman–Crippen LogP) is 3.54. The molecule has 6 nitrogen and oxygen atoms in total. The highest BCUT2D eigenvalue weighted by Gasteiger charge is 2.15. The minimum absolute atomic E-state index is 0.199. The molecular weight excluding hydrogens is 378 g/mol. The minimum Gasteiger partial charge on any atom is -0.409 e. The fourth-order valence-electron chi connectivity index (χ4n) is 3.44. The summed E-state index contributed by atoms with van der Waals surface area (Å²) >= 11 is 0. The van der Waals surface area contributed by atoms with E-state index in [1.54, 1.807) is 30.3 Å². The number of Topliss-reactive ketones (excluding diaryl/α,β-unsaturated/α-hetero) is 1. The first-order valence-electron chi connectivity index (χ1n) is 9.46. The van der Waals surface area contributed by atoms with Crippen molar-refractivity contribution in [3.05, 3.63) is 106 Å². The molecule has 1 N–H and O–H groups in total. The maximum atomic E-state index is 13.1. The van der Waals surface area contributed by atoms with Crippen molar-refractivity contribution in [3.8, 4) is 11.3 Å². The molecule has 0 radical (unpaired) electrons. The van der Waals surface area contributed by atoms with Crippen LogP contribution in [0.5, 0.6) is 0 Å². The van der Waals surface area contributed by atoms with Crippen LogP contribution in [-0.4, -0.2) is 20.5 Å². The van der Waals surface area contributed by atoms with E-state index in [2.05, 4.69) is 10.1 Å². The molecule has 0 spiro atoms. The largest absolute Gasteiger partial charge is 0.409 e. The molecule has 0 amide bonds. The van der Waals surface area contributed by atoms with Crippen LogP contribution in [0.2, 0.25) is 0 Å². The monoisotopic (exact) mass is 397 g/mol. The lowest BCUT2D eigenvalue weighted by molar-refractivity contribution is 0.0972. The van der Waals surface area contributed by atoms with Gasteiger partial charge in [-0.25, -0.2) is 4.98 Å². The van der Waals surface area contributed by atoms with E-state index in [-0.39, 0.29) is 17.8 Å². The molecule has 0 atom stereocenters. The second-order valence-corrected chi connectivity index (χ2v) is 6.95. The van der Waals surface area contributed by atoms with Crippen LogP contribution < -0.4 is 11.0 Å². The highest BCUT2D eigenvalue weighted by Crippen LogP contribution is 2.24. The molecule has 4 rings (SSSR count). The Morgan fingerprint density at radius 3 is 2.47 bits per heavy atom. The fourth-order valence-corrected chi connectivity index (χ4v) is 3.44. The van der Waals surface area contributed by atoms with E-state index >= 15 is 0 Å². The van der Waals surface area contributed by atoms with Crippen molar-refractivity contribution < 1.29 is 10.0 Å². The van der Waals surface area contributed by atoms with E-state index in [1.165, 1.54) is 4.57 Å². The number of aryl methyl sites for hydroxylation is 1. The van der Waals surface area contributed by atoms with E-state index < -0.39 is 5.56 Å². The molecule has 3 aromatic carbocycles. The lowest BCUT2D eigenvalue weighted by Crippen LogP contribution is -2.36. The molecule has 0 aliphatic carbocycles. The van der Waals surface area contributed by atoms with E-state index in [1.807, 2.05) is 55.5 Å². The first kappa shape index (κ1) is 19.3. The maximum Gasteiger partial charge on any atom is 0.299 e. The van der Waals surface area contributed by atoms with Gasteiger partial charge in [0.25, 0.3) is 11.0 Å². The Hall–Kier alpha value is -4.06. The number of carbonyl (C=O) groups excluding carboxylic acids is 1. The number of nitrogens with zero attached hydrogens (tertiary/aromatic N) is 3. The molecule has 0 saturated carbocycles. The molecule has 0 bridgehead atoms. The second-order valence-electron chi connectivity index (χ2n) is 6.95. The van der Waals surface area contributed by atoms with Crippen LogP contribution in [-0.2, 0) is 6.54 Å². The highest BCUT2D eigenvalue weighted by atomic mass is 16.4. The zero-order chi connectivity index (χ0) is 21.1. The van der Waals surface area contributed by atoms with E-state index in [4.69, 9.17) is 0 Å². The van der Waals surface area contributed by atoms with E-state index in [9.17, 15) is 14.8 Å². The highest BCUT2D eigenvalue weighted by molar-refractivity contribution is 5.98. The van der Waals surface area contributed by atoms with Crippen LogP contribution >= 0.6 is 0 Å². The van der Waals surface area contributed by atoms with Crippen molar-refractivity contribution in [3.63, 3.8) is 0 Å². The summed E-state index contributed by atoms with van der Waals surface area (Å²) in [5.74, 6) is -0.220. The molecule has 1 heterocycles. The zero-order valence-electron chi connectivity index (χ0n) is 16.3. The second kappa shape index (κ2) is 8.13. The molecule has 30 heavy (non-hydrogen) atoms. The van der Waals surface area contributed by atoms with Crippen molar-refractivity contribution in [2.24, 2.45) is 5.16 Å². The summed E-state index contributed by atoms with van der Waals surface area (Å²) < 4.78 is 1.31. The Bertz CT molecular complexity index is 1380. The Kier molecular flexibility index (Phi) is 5.22. The standard InChI is InChI=1S/C24H19N3O3/c1-16-8-7-11-18(14-16)21(28)15-27-20-13-6-5-12-19(20)22(17-9-3-2-4-10-17)25-23(26-30)24(27)29/h2-14,30H,15H2,1H3/b26-23+. The van der Waals surface area contributed by atoms with E-state index in [0.29, 0.717) is 22.2 Å². The summed E-state index contributed by atoms with van der Waals surface area (Å²) in [7, 11) is 0. The van der Waals surface area contributed by atoms with Crippen LogP contribution in [0.3, 0.4) is 0 Å². The Morgan fingerprint density at radius 2 is 1.73 bits per heavy atom. The summed E-state index contributed by atoms with van der Waals surface area (Å²) in [5.41, 5.74) is 2.25. The van der Waals surface area contributed by atoms with Gasteiger partial charge in [0.2, 0.25) is 0 Å². The molecule has 148 valence electrons. The van der Waals surface area contributed by atoms with Gasteiger partial charge in [0.1, 0.15) is 0 Å². The molecule has 4 aromatic rings. The quantitative estimate of drug-likeness (QED) is 0.324. The predicted molar refractivity (Wildman–Crippen MR) is 114 cm³/mol. The third-order valence-electron chi connectivity index (χ3n) is 4.89. The van der Waals surface area contributed by atoms with Gasteiger partial charge in [-0.3, -0.25) is 14.2 Å². The number of hydrogen-bond donors (Lipinski definition) is 1. The minimum atomic E-state index is -0.642. The van der Waals surface area contributed by atoms with Gasteiger partial charge in [-0.2, -0.15) is 0 Å². The summed E-state index contributed by atoms with van der Waals surface area (Å²) in [4.78, 5) is 30.4. The van der Waals surface area contributed by atoms with E-state index in [0.717, 1.165) is 11.1 Å². The topological polar surface area (TPSA) is 84.5 Å². The number of benzene rings is 3. The van der Waals surface area contributed by atoms with Gasteiger partial charge in [0.05, 0.1) is 17.8 Å². The van der Waals surface area contributed by atoms with Crippen molar-refractivity contribution in [1.82, 2.24) is 9.55 Å². The first-order valence-corrected chi connectivity index (χ1v) is 9.46. The van der Waals surface area contributed by atoms with Gasteiger partial charge in [0.15, 0.2) is 5.78 Å². The lowest BCUT2D eigenvalue weighted by Gasteiger charge is -2.08. The zero-order valence-corrected chi connectivity index (χ0v) is 16.3. The third-order valence-corrected chi connectivity index (χ3v) is 4.89. The number of fused-ring (bicyclic) bond motifs is 1. The summed E-state index contributed by atoms with van der Waals surface area (Å²) in [6.07, 6.45) is 0. The van der Waals surface area contributed by atoms with Crippen molar-refractivity contribution in [2.75, 3.05) is 0 Å². The normalized spacial score (nSPS) is 11.6. The van der Waals surface area contributed by atoms with Crippen LogP contribution in [0.25, 0.3) is 22.2 Å². The smallest absolute Gasteiger partial charge is 0.299 e. The van der Waals surface area contributed by atoms with Gasteiger partial charge in [-0.05, 0) is 19.1 Å². The third kappa shape index (κ3) is 3.63. The summed E-state index contributed by atoms with van der Waals surface area (Å²) in [6.45, 7) is 1.70. The maximum absolute atomic E-state index is 13.1. The number of aromatic nitrogens is 2.